The number of carbonyl (C=O) groups is 2. The van der Waals surface area contributed by atoms with Crippen LogP contribution < -0.4 is 25.0 Å². The van der Waals surface area contributed by atoms with Gasteiger partial charge in [-0.05, 0) is 116 Å². The second kappa shape index (κ2) is 15.3. The van der Waals surface area contributed by atoms with E-state index in [1.54, 1.807) is 37.3 Å². The van der Waals surface area contributed by atoms with Gasteiger partial charge in [0.05, 0.1) is 12.8 Å². The lowest BCUT2D eigenvalue weighted by Crippen LogP contribution is -2.20. The summed E-state index contributed by atoms with van der Waals surface area (Å²) in [4.78, 5) is 25.0. The van der Waals surface area contributed by atoms with Gasteiger partial charge in [-0.1, -0.05) is 6.07 Å². The van der Waals surface area contributed by atoms with Crippen LogP contribution in [0.4, 0.5) is 10.1 Å². The summed E-state index contributed by atoms with van der Waals surface area (Å²) in [7, 11) is 0. The predicted octanol–water partition coefficient (Wildman–Crippen LogP) is 7.35. The maximum absolute atomic E-state index is 13.4. The molecule has 5 aromatic rings. The van der Waals surface area contributed by atoms with Crippen LogP contribution in [0.1, 0.15) is 40.2 Å². The zero-order valence-electron chi connectivity index (χ0n) is 25.9. The van der Waals surface area contributed by atoms with E-state index >= 15 is 0 Å². The lowest BCUT2D eigenvalue weighted by Gasteiger charge is -2.14. The van der Waals surface area contributed by atoms with Gasteiger partial charge in [0.25, 0.3) is 5.91 Å². The number of amides is 2. The Bertz CT molecular complexity index is 1880. The molecule has 0 aliphatic carbocycles. The van der Waals surface area contributed by atoms with E-state index in [2.05, 4.69) is 62.3 Å². The second-order valence-electron chi connectivity index (χ2n) is 10.3. The number of carbonyl (C=O) groups excluding carboxylic acids is 2. The van der Waals surface area contributed by atoms with E-state index in [1.165, 1.54) is 24.4 Å². The van der Waals surface area contributed by atoms with Crippen molar-refractivity contribution in [2.24, 2.45) is 5.10 Å². The first-order valence-corrected chi connectivity index (χ1v) is 15.4. The number of hydrogen-bond acceptors (Lipinski definition) is 7. The number of anilines is 1. The quantitative estimate of drug-likeness (QED) is 0.0979. The minimum absolute atomic E-state index is 0.0731. The van der Waals surface area contributed by atoms with Gasteiger partial charge in [-0.3, -0.25) is 9.59 Å². The third-order valence-electron chi connectivity index (χ3n) is 6.83. The topological polar surface area (TPSA) is 116 Å². The fourth-order valence-electron chi connectivity index (χ4n) is 4.65. The van der Waals surface area contributed by atoms with Crippen molar-refractivity contribution in [2.75, 3.05) is 18.5 Å². The van der Waals surface area contributed by atoms with Crippen LogP contribution in [0.3, 0.4) is 0 Å². The van der Waals surface area contributed by atoms with Gasteiger partial charge in [0.1, 0.15) is 23.9 Å². The highest BCUT2D eigenvalue weighted by atomic mass is 79.9. The molecule has 0 aliphatic heterocycles. The zero-order valence-corrected chi connectivity index (χ0v) is 27.5. The summed E-state index contributed by atoms with van der Waals surface area (Å²) in [5.41, 5.74) is 6.68. The van der Waals surface area contributed by atoms with Crippen molar-refractivity contribution in [3.8, 4) is 22.9 Å². The Morgan fingerprint density at radius 2 is 1.68 bits per heavy atom. The van der Waals surface area contributed by atoms with Crippen molar-refractivity contribution in [3.63, 3.8) is 0 Å². The molecule has 0 radical (unpaired) electrons. The minimum Gasteiger partial charge on any atom is -0.490 e. The number of benzene rings is 3. The zero-order chi connectivity index (χ0) is 33.3. The summed E-state index contributed by atoms with van der Waals surface area (Å²) in [5, 5.41) is 6.62. The lowest BCUT2D eigenvalue weighted by atomic mass is 10.2. The third-order valence-corrected chi connectivity index (χ3v) is 7.52. The second-order valence-corrected chi connectivity index (χ2v) is 11.2. The number of hydrogen-bond donors (Lipinski definition) is 2. The highest BCUT2D eigenvalue weighted by Gasteiger charge is 2.14. The first-order chi connectivity index (χ1) is 22.7. The van der Waals surface area contributed by atoms with E-state index in [1.807, 2.05) is 24.3 Å². The molecular formula is C35H32BrFN4O6. The van der Waals surface area contributed by atoms with Gasteiger partial charge in [0.2, 0.25) is 0 Å². The van der Waals surface area contributed by atoms with Gasteiger partial charge in [-0.15, -0.1) is 0 Å². The van der Waals surface area contributed by atoms with Gasteiger partial charge >= 0.3 is 5.91 Å². The van der Waals surface area contributed by atoms with E-state index in [-0.39, 0.29) is 19.0 Å². The fraction of sp³-hybridized carbons (Fsp3) is 0.171. The normalized spacial score (nSPS) is 11.0. The summed E-state index contributed by atoms with van der Waals surface area (Å²) < 4.78 is 39.0. The molecule has 0 saturated heterocycles. The number of nitrogens with one attached hydrogen (secondary N) is 2. The summed E-state index contributed by atoms with van der Waals surface area (Å²) in [6.07, 6.45) is 1.43. The van der Waals surface area contributed by atoms with Crippen molar-refractivity contribution < 1.29 is 32.6 Å². The molecule has 0 unspecified atom stereocenters. The number of ether oxygens (including phenoxy) is 3. The molecule has 2 aromatic heterocycles. The van der Waals surface area contributed by atoms with Crippen molar-refractivity contribution in [2.45, 2.75) is 27.4 Å². The number of aromatic nitrogens is 1. The number of hydrazone groups is 1. The van der Waals surface area contributed by atoms with E-state index < -0.39 is 17.6 Å². The van der Waals surface area contributed by atoms with Gasteiger partial charge in [0, 0.05) is 32.8 Å². The van der Waals surface area contributed by atoms with Crippen LogP contribution in [-0.2, 0) is 11.4 Å². The molecule has 47 heavy (non-hydrogen) atoms. The Labute approximate surface area is 279 Å². The highest BCUT2D eigenvalue weighted by molar-refractivity contribution is 9.10. The average molecular weight is 704 g/mol. The molecular weight excluding hydrogens is 671 g/mol. The Kier molecular flexibility index (Phi) is 10.7. The highest BCUT2D eigenvalue weighted by Crippen LogP contribution is 2.33. The van der Waals surface area contributed by atoms with E-state index in [4.69, 9.17) is 18.6 Å². The standard InChI is InChI=1S/C35H32BrFN4O6/c1-4-44-32-16-24(30(36)18-33(32)46-21-34(42)39-26-7-5-6-25(37)17-26)19-38-40-35(43)31-15-14-29(47-31)20-45-28-12-10-27(11-13-28)41-22(2)8-9-23(41)3/h5-19H,4,20-21H2,1-3H3,(H,39,42)(H,40,43)/b38-19+. The maximum Gasteiger partial charge on any atom is 0.307 e. The van der Waals surface area contributed by atoms with E-state index in [0.717, 1.165) is 17.1 Å². The van der Waals surface area contributed by atoms with E-state index in [9.17, 15) is 14.0 Å². The summed E-state index contributed by atoms with van der Waals surface area (Å²) in [6.45, 7) is 6.08. The van der Waals surface area contributed by atoms with Gasteiger partial charge in [-0.25, -0.2) is 9.82 Å². The molecule has 2 amide bonds. The Hall–Kier alpha value is -5.36. The molecule has 2 N–H and O–H groups in total. The SMILES string of the molecule is CCOc1cc(/C=N/NC(=O)c2ccc(COc3ccc(-n4c(C)ccc4C)cc3)o2)c(Br)cc1OCC(=O)Nc1cccc(F)c1. The van der Waals surface area contributed by atoms with Crippen molar-refractivity contribution >= 4 is 39.6 Å². The molecule has 0 fully saturated rings. The van der Waals surface area contributed by atoms with Crippen molar-refractivity contribution in [1.82, 2.24) is 9.99 Å². The first-order valence-electron chi connectivity index (χ1n) is 14.6. The monoisotopic (exact) mass is 702 g/mol. The molecule has 10 nitrogen and oxygen atoms in total. The predicted molar refractivity (Wildman–Crippen MR) is 179 cm³/mol. The number of furan rings is 1. The van der Waals surface area contributed by atoms with Crippen LogP contribution in [0.25, 0.3) is 5.69 Å². The smallest absolute Gasteiger partial charge is 0.307 e. The summed E-state index contributed by atoms with van der Waals surface area (Å²) in [5.74, 6) is 0.416. The molecule has 0 spiro atoms. The number of nitrogens with zero attached hydrogens (tertiary/aromatic N) is 2. The Morgan fingerprint density at radius 1 is 0.936 bits per heavy atom. The maximum atomic E-state index is 13.4. The van der Waals surface area contributed by atoms with Crippen LogP contribution in [0.2, 0.25) is 0 Å². The molecule has 0 saturated carbocycles. The van der Waals surface area contributed by atoms with Crippen molar-refractivity contribution in [1.29, 1.82) is 0 Å². The van der Waals surface area contributed by atoms with Crippen LogP contribution in [0.15, 0.2) is 98.9 Å². The molecule has 242 valence electrons. The molecule has 2 heterocycles. The average Bonchev–Trinajstić information content (AvgIpc) is 3.67. The van der Waals surface area contributed by atoms with E-state index in [0.29, 0.717) is 45.3 Å². The largest absolute Gasteiger partial charge is 0.490 e. The number of rotatable bonds is 13. The summed E-state index contributed by atoms with van der Waals surface area (Å²) in [6, 6.07) is 23.9. The Morgan fingerprint density at radius 3 is 2.40 bits per heavy atom. The molecule has 0 aliphatic rings. The Balaban J connectivity index is 1.14. The first kappa shape index (κ1) is 33.0. The molecule has 0 atom stereocenters. The molecule has 5 rings (SSSR count). The van der Waals surface area contributed by atoms with Crippen LogP contribution >= 0.6 is 15.9 Å². The number of aryl methyl sites for hydroxylation is 2. The summed E-state index contributed by atoms with van der Waals surface area (Å²) >= 11 is 3.46. The molecule has 0 bridgehead atoms. The number of halogens is 2. The van der Waals surface area contributed by atoms with Crippen LogP contribution in [-0.4, -0.2) is 35.8 Å². The van der Waals surface area contributed by atoms with Crippen LogP contribution in [0.5, 0.6) is 17.2 Å². The third kappa shape index (κ3) is 8.67. The van der Waals surface area contributed by atoms with Gasteiger partial charge in [-0.2, -0.15) is 5.10 Å². The van der Waals surface area contributed by atoms with Crippen molar-refractivity contribution in [3.05, 3.63) is 124 Å². The van der Waals surface area contributed by atoms with Gasteiger partial charge in [0.15, 0.2) is 23.9 Å². The molecule has 3 aromatic carbocycles. The van der Waals surface area contributed by atoms with Crippen LogP contribution in [0, 0.1) is 19.7 Å². The van der Waals surface area contributed by atoms with Gasteiger partial charge < -0.3 is 28.5 Å². The lowest BCUT2D eigenvalue weighted by molar-refractivity contribution is -0.118. The minimum atomic E-state index is -0.542. The fourth-order valence-corrected chi connectivity index (χ4v) is 5.08. The molecule has 12 heteroatoms.